The van der Waals surface area contributed by atoms with Crippen LogP contribution in [0.2, 0.25) is 0 Å². The number of pyridine rings is 1. The van der Waals surface area contributed by atoms with Gasteiger partial charge in [-0.25, -0.2) is 0 Å². The molecule has 5 nitrogen and oxygen atoms in total. The largest absolute Gasteiger partial charge is 0.489 e. The summed E-state index contributed by atoms with van der Waals surface area (Å²) in [5.74, 6) is 0.696. The number of benzene rings is 1. The number of para-hydroxylation sites is 1. The van der Waals surface area contributed by atoms with Crippen LogP contribution in [0.4, 0.5) is 0 Å². The summed E-state index contributed by atoms with van der Waals surface area (Å²) in [6.07, 6.45) is 7.53. The quantitative estimate of drug-likeness (QED) is 0.393. The van der Waals surface area contributed by atoms with Crippen molar-refractivity contribution in [2.45, 2.75) is 38.2 Å². The van der Waals surface area contributed by atoms with E-state index in [1.807, 2.05) is 24.3 Å². The van der Waals surface area contributed by atoms with Gasteiger partial charge in [0, 0.05) is 11.6 Å². The number of amidine groups is 1. The molecule has 0 aliphatic heterocycles. The number of nitrogens with two attached hydrogens (primary N) is 1. The van der Waals surface area contributed by atoms with Gasteiger partial charge in [-0.1, -0.05) is 23.7 Å². The fourth-order valence-corrected chi connectivity index (χ4v) is 2.83. The lowest BCUT2D eigenvalue weighted by Gasteiger charge is -2.24. The minimum Gasteiger partial charge on any atom is -0.489 e. The van der Waals surface area contributed by atoms with Gasteiger partial charge in [0.15, 0.2) is 5.84 Å². The Kier molecular flexibility index (Phi) is 3.90. The summed E-state index contributed by atoms with van der Waals surface area (Å²) in [6.45, 7) is 0. The highest BCUT2D eigenvalue weighted by Gasteiger charge is 2.20. The van der Waals surface area contributed by atoms with Crippen LogP contribution in [0, 0.1) is 0 Å². The molecule has 0 unspecified atom stereocenters. The first-order valence-corrected chi connectivity index (χ1v) is 7.32. The molecule has 1 aliphatic carbocycles. The van der Waals surface area contributed by atoms with E-state index < -0.39 is 0 Å². The standard InChI is InChI=1S/C16H19N3O2/c17-16(19-20)13-10-18-14-9-5-4-8-12(14)15(13)21-11-6-2-1-3-7-11/h4-5,8-11,20H,1-3,6-7H2,(H2,17,19). The van der Waals surface area contributed by atoms with Gasteiger partial charge < -0.3 is 15.7 Å². The average molecular weight is 285 g/mol. The van der Waals surface area contributed by atoms with Gasteiger partial charge in [-0.2, -0.15) is 0 Å². The molecule has 1 fully saturated rings. The lowest BCUT2D eigenvalue weighted by Crippen LogP contribution is -2.23. The summed E-state index contributed by atoms with van der Waals surface area (Å²) in [5.41, 5.74) is 7.16. The van der Waals surface area contributed by atoms with Crippen molar-refractivity contribution in [2.75, 3.05) is 0 Å². The van der Waals surface area contributed by atoms with Crippen LogP contribution < -0.4 is 10.5 Å². The van der Waals surface area contributed by atoms with Gasteiger partial charge in [-0.3, -0.25) is 4.98 Å². The van der Waals surface area contributed by atoms with Crippen LogP contribution in [-0.4, -0.2) is 22.1 Å². The van der Waals surface area contributed by atoms with Gasteiger partial charge in [0.25, 0.3) is 0 Å². The minimum atomic E-state index is 0.0269. The summed E-state index contributed by atoms with van der Waals surface area (Å²) in [7, 11) is 0. The Balaban J connectivity index is 2.06. The molecule has 0 spiro atoms. The number of aromatic nitrogens is 1. The van der Waals surface area contributed by atoms with Crippen molar-refractivity contribution in [3.8, 4) is 5.75 Å². The zero-order valence-electron chi connectivity index (χ0n) is 11.8. The SMILES string of the molecule is N/C(=N\O)c1cnc2ccccc2c1OC1CCCCC1. The number of oxime groups is 1. The Hall–Kier alpha value is -2.30. The van der Waals surface area contributed by atoms with Crippen molar-refractivity contribution >= 4 is 16.7 Å². The molecule has 5 heteroatoms. The first kappa shape index (κ1) is 13.7. The second-order valence-electron chi connectivity index (χ2n) is 5.38. The van der Waals surface area contributed by atoms with Crippen molar-refractivity contribution < 1.29 is 9.94 Å². The maximum Gasteiger partial charge on any atom is 0.175 e. The molecule has 3 rings (SSSR count). The molecule has 0 saturated heterocycles. The van der Waals surface area contributed by atoms with E-state index in [0.29, 0.717) is 11.3 Å². The van der Waals surface area contributed by atoms with Crippen molar-refractivity contribution in [1.29, 1.82) is 0 Å². The van der Waals surface area contributed by atoms with Gasteiger partial charge in [0.05, 0.1) is 17.2 Å². The van der Waals surface area contributed by atoms with Crippen molar-refractivity contribution in [1.82, 2.24) is 4.98 Å². The van der Waals surface area contributed by atoms with Gasteiger partial charge in [0.1, 0.15) is 5.75 Å². The highest BCUT2D eigenvalue weighted by molar-refractivity contribution is 6.04. The van der Waals surface area contributed by atoms with Crippen molar-refractivity contribution in [2.24, 2.45) is 10.9 Å². The maximum atomic E-state index is 8.97. The van der Waals surface area contributed by atoms with E-state index in [0.717, 1.165) is 23.7 Å². The summed E-state index contributed by atoms with van der Waals surface area (Å²) in [6, 6.07) is 7.75. The second-order valence-corrected chi connectivity index (χ2v) is 5.38. The van der Waals surface area contributed by atoms with Crippen LogP contribution in [0.25, 0.3) is 10.9 Å². The number of ether oxygens (including phenoxy) is 1. The summed E-state index contributed by atoms with van der Waals surface area (Å²) in [5, 5.41) is 13.0. The zero-order chi connectivity index (χ0) is 14.7. The molecular formula is C16H19N3O2. The first-order valence-electron chi connectivity index (χ1n) is 7.32. The Bertz CT molecular complexity index is 664. The molecule has 1 saturated carbocycles. The van der Waals surface area contributed by atoms with Crippen molar-refractivity contribution in [3.63, 3.8) is 0 Å². The van der Waals surface area contributed by atoms with Gasteiger partial charge in [-0.05, 0) is 37.8 Å². The van der Waals surface area contributed by atoms with E-state index in [2.05, 4.69) is 10.1 Å². The highest BCUT2D eigenvalue weighted by atomic mass is 16.5. The summed E-state index contributed by atoms with van der Waals surface area (Å²) in [4.78, 5) is 4.35. The molecule has 2 aromatic rings. The van der Waals surface area contributed by atoms with Crippen LogP contribution in [0.3, 0.4) is 0 Å². The fraction of sp³-hybridized carbons (Fsp3) is 0.375. The third kappa shape index (κ3) is 2.77. The number of hydrogen-bond acceptors (Lipinski definition) is 4. The second kappa shape index (κ2) is 5.99. The highest BCUT2D eigenvalue weighted by Crippen LogP contribution is 2.32. The van der Waals surface area contributed by atoms with Gasteiger partial charge >= 0.3 is 0 Å². The Labute approximate surface area is 123 Å². The smallest absolute Gasteiger partial charge is 0.175 e. The van der Waals surface area contributed by atoms with E-state index >= 15 is 0 Å². The van der Waals surface area contributed by atoms with Crippen LogP contribution in [0.5, 0.6) is 5.75 Å². The predicted octanol–water partition coefficient (Wildman–Crippen LogP) is 3.04. The molecule has 1 aromatic heterocycles. The normalized spacial score (nSPS) is 17.0. The number of fused-ring (bicyclic) bond motifs is 1. The zero-order valence-corrected chi connectivity index (χ0v) is 11.8. The van der Waals surface area contributed by atoms with Crippen LogP contribution >= 0.6 is 0 Å². The van der Waals surface area contributed by atoms with Crippen LogP contribution in [-0.2, 0) is 0 Å². The Morgan fingerprint density at radius 3 is 2.76 bits per heavy atom. The average Bonchev–Trinajstić information content (AvgIpc) is 2.55. The van der Waals surface area contributed by atoms with E-state index in [4.69, 9.17) is 15.7 Å². The van der Waals surface area contributed by atoms with E-state index in [9.17, 15) is 0 Å². The van der Waals surface area contributed by atoms with E-state index in [1.54, 1.807) is 6.20 Å². The summed E-state index contributed by atoms with van der Waals surface area (Å²) < 4.78 is 6.21. The topological polar surface area (TPSA) is 80.7 Å². The molecule has 110 valence electrons. The number of hydrogen-bond donors (Lipinski definition) is 2. The molecule has 3 N–H and O–H groups in total. The van der Waals surface area contributed by atoms with Gasteiger partial charge in [0.2, 0.25) is 0 Å². The predicted molar refractivity (Wildman–Crippen MR) is 81.8 cm³/mol. The van der Waals surface area contributed by atoms with Crippen LogP contribution in [0.15, 0.2) is 35.6 Å². The molecule has 1 heterocycles. The maximum absolute atomic E-state index is 8.97. The molecule has 1 aromatic carbocycles. The third-order valence-electron chi connectivity index (χ3n) is 3.95. The van der Waals surface area contributed by atoms with Crippen molar-refractivity contribution in [3.05, 3.63) is 36.0 Å². The molecular weight excluding hydrogens is 266 g/mol. The summed E-state index contributed by atoms with van der Waals surface area (Å²) >= 11 is 0. The first-order chi connectivity index (χ1) is 10.3. The number of nitrogens with zero attached hydrogens (tertiary/aromatic N) is 2. The van der Waals surface area contributed by atoms with E-state index in [1.165, 1.54) is 19.3 Å². The third-order valence-corrected chi connectivity index (χ3v) is 3.95. The monoisotopic (exact) mass is 285 g/mol. The fourth-order valence-electron chi connectivity index (χ4n) is 2.83. The lowest BCUT2D eigenvalue weighted by atomic mass is 9.97. The molecule has 1 aliphatic rings. The molecule has 0 bridgehead atoms. The number of rotatable bonds is 3. The van der Waals surface area contributed by atoms with Crippen LogP contribution in [0.1, 0.15) is 37.7 Å². The molecule has 0 amide bonds. The Morgan fingerprint density at radius 2 is 2.00 bits per heavy atom. The molecule has 0 atom stereocenters. The molecule has 0 radical (unpaired) electrons. The van der Waals surface area contributed by atoms with E-state index in [-0.39, 0.29) is 11.9 Å². The minimum absolute atomic E-state index is 0.0269. The lowest BCUT2D eigenvalue weighted by molar-refractivity contribution is 0.156. The Morgan fingerprint density at radius 1 is 1.24 bits per heavy atom. The molecule has 21 heavy (non-hydrogen) atoms. The van der Waals surface area contributed by atoms with Gasteiger partial charge in [-0.15, -0.1) is 0 Å².